The number of ether oxygens (including phenoxy) is 1. The summed E-state index contributed by atoms with van der Waals surface area (Å²) in [5.41, 5.74) is 10.1. The van der Waals surface area contributed by atoms with Gasteiger partial charge in [-0.25, -0.2) is 5.53 Å². The van der Waals surface area contributed by atoms with E-state index in [-0.39, 0.29) is 0 Å². The van der Waals surface area contributed by atoms with Crippen LogP contribution in [0.1, 0.15) is 6.92 Å². The van der Waals surface area contributed by atoms with E-state index in [9.17, 15) is 0 Å². The second kappa shape index (κ2) is 7.52. The van der Waals surface area contributed by atoms with Crippen molar-refractivity contribution in [2.24, 2.45) is 11.0 Å². The molecular weight excluding hydrogens is 192 g/mol. The predicted molar refractivity (Wildman–Crippen MR) is 59.6 cm³/mol. The molecule has 0 spiro atoms. The SMILES string of the molecule is C=C(/C=C\C(=C/C)OC)/C(=C/NN)N=N. The summed E-state index contributed by atoms with van der Waals surface area (Å²) in [6.07, 6.45) is 6.63. The van der Waals surface area contributed by atoms with E-state index in [4.69, 9.17) is 16.1 Å². The van der Waals surface area contributed by atoms with Crippen LogP contribution in [0.5, 0.6) is 0 Å². The Bertz CT molecular complexity index is 315. The largest absolute Gasteiger partial charge is 0.497 e. The number of methoxy groups -OCH3 is 1. The number of nitrogens with two attached hydrogens (primary N) is 1. The van der Waals surface area contributed by atoms with E-state index in [2.05, 4.69) is 17.1 Å². The van der Waals surface area contributed by atoms with Gasteiger partial charge in [-0.1, -0.05) is 6.58 Å². The van der Waals surface area contributed by atoms with E-state index in [0.717, 1.165) is 0 Å². The molecule has 0 rings (SSSR count). The van der Waals surface area contributed by atoms with Crippen LogP contribution in [0.25, 0.3) is 0 Å². The quantitative estimate of drug-likeness (QED) is 0.205. The minimum atomic E-state index is 0.361. The highest BCUT2D eigenvalue weighted by atomic mass is 16.5. The molecule has 0 unspecified atom stereocenters. The molecule has 0 amide bonds. The van der Waals surface area contributed by atoms with Crippen LogP contribution in [-0.4, -0.2) is 7.11 Å². The lowest BCUT2D eigenvalue weighted by molar-refractivity contribution is 0.306. The minimum absolute atomic E-state index is 0.361. The molecule has 0 saturated heterocycles. The standard InChI is InChI=1S/C10H16N4O/c1-4-9(15-3)6-5-8(2)10(14-12)7-13-11/h4-7,12-13H,2,11H2,1,3H3/b6-5-,9-4+,10-7-,14-12?. The van der Waals surface area contributed by atoms with E-state index in [1.807, 2.05) is 13.0 Å². The smallest absolute Gasteiger partial charge is 0.114 e. The Morgan fingerprint density at radius 3 is 2.60 bits per heavy atom. The third kappa shape index (κ3) is 4.78. The number of rotatable bonds is 6. The normalized spacial score (nSPS) is 12.7. The first-order valence-electron chi connectivity index (χ1n) is 4.31. The summed E-state index contributed by atoms with van der Waals surface area (Å²) >= 11 is 0. The molecule has 82 valence electrons. The molecule has 5 heteroatoms. The number of nitrogens with one attached hydrogen (secondary N) is 2. The van der Waals surface area contributed by atoms with Gasteiger partial charge in [0, 0.05) is 6.20 Å². The lowest BCUT2D eigenvalue weighted by Crippen LogP contribution is -2.14. The van der Waals surface area contributed by atoms with Gasteiger partial charge in [0.2, 0.25) is 0 Å². The molecule has 0 radical (unpaired) electrons. The lowest BCUT2D eigenvalue weighted by Gasteiger charge is -2.00. The van der Waals surface area contributed by atoms with Crippen LogP contribution in [0.4, 0.5) is 0 Å². The van der Waals surface area contributed by atoms with Gasteiger partial charge >= 0.3 is 0 Å². The van der Waals surface area contributed by atoms with Crippen molar-refractivity contribution in [2.75, 3.05) is 7.11 Å². The van der Waals surface area contributed by atoms with Crippen molar-refractivity contribution in [3.63, 3.8) is 0 Å². The minimum Gasteiger partial charge on any atom is -0.497 e. The number of hydrazine groups is 1. The Kier molecular flexibility index (Phi) is 6.57. The molecule has 0 aromatic carbocycles. The lowest BCUT2D eigenvalue weighted by atomic mass is 10.2. The first kappa shape index (κ1) is 13.1. The maximum absolute atomic E-state index is 6.89. The van der Waals surface area contributed by atoms with E-state index in [1.54, 1.807) is 19.3 Å². The second-order valence-electron chi connectivity index (χ2n) is 2.56. The summed E-state index contributed by atoms with van der Waals surface area (Å²) in [6, 6.07) is 0. The highest BCUT2D eigenvalue weighted by molar-refractivity contribution is 5.37. The average molecular weight is 208 g/mol. The van der Waals surface area contributed by atoms with E-state index in [0.29, 0.717) is 17.0 Å². The molecule has 4 N–H and O–H groups in total. The molecule has 0 saturated carbocycles. The number of nitrogens with zero attached hydrogens (tertiary/aromatic N) is 1. The topological polar surface area (TPSA) is 83.5 Å². The van der Waals surface area contributed by atoms with Crippen molar-refractivity contribution >= 4 is 0 Å². The molecule has 15 heavy (non-hydrogen) atoms. The summed E-state index contributed by atoms with van der Waals surface area (Å²) in [5, 5.41) is 3.26. The maximum atomic E-state index is 6.89. The Labute approximate surface area is 89.5 Å². The van der Waals surface area contributed by atoms with Crippen molar-refractivity contribution in [3.05, 3.63) is 48.0 Å². The number of allylic oxidation sites excluding steroid dienone is 3. The van der Waals surface area contributed by atoms with Gasteiger partial charge in [-0.05, 0) is 30.7 Å². The van der Waals surface area contributed by atoms with Crippen molar-refractivity contribution < 1.29 is 4.74 Å². The second-order valence-corrected chi connectivity index (χ2v) is 2.56. The molecule has 0 atom stereocenters. The summed E-state index contributed by atoms with van der Waals surface area (Å²) in [5.74, 6) is 5.79. The van der Waals surface area contributed by atoms with Gasteiger partial charge in [-0.15, -0.1) is 0 Å². The molecule has 0 aliphatic rings. The monoisotopic (exact) mass is 208 g/mol. The highest BCUT2D eigenvalue weighted by Gasteiger charge is 1.97. The number of hydrogen-bond acceptors (Lipinski definition) is 5. The van der Waals surface area contributed by atoms with Crippen molar-refractivity contribution in [1.29, 1.82) is 5.53 Å². The van der Waals surface area contributed by atoms with Gasteiger partial charge in [0.05, 0.1) is 7.11 Å². The molecule has 5 nitrogen and oxygen atoms in total. The Morgan fingerprint density at radius 2 is 2.20 bits per heavy atom. The molecule has 0 heterocycles. The molecule has 0 aromatic rings. The summed E-state index contributed by atoms with van der Waals surface area (Å²) in [4.78, 5) is 0. The Balaban J connectivity index is 4.61. The zero-order valence-corrected chi connectivity index (χ0v) is 8.95. The Hall–Kier alpha value is -1.88. The van der Waals surface area contributed by atoms with Gasteiger partial charge in [-0.3, -0.25) is 5.84 Å². The fraction of sp³-hybridized carbons (Fsp3) is 0.200. The fourth-order valence-corrected chi connectivity index (χ4v) is 0.826. The van der Waals surface area contributed by atoms with Crippen LogP contribution >= 0.6 is 0 Å². The first-order chi connectivity index (χ1) is 7.19. The van der Waals surface area contributed by atoms with Crippen LogP contribution in [0.3, 0.4) is 0 Å². The van der Waals surface area contributed by atoms with Gasteiger partial charge < -0.3 is 10.2 Å². The van der Waals surface area contributed by atoms with E-state index in [1.165, 1.54) is 6.20 Å². The van der Waals surface area contributed by atoms with E-state index >= 15 is 0 Å². The van der Waals surface area contributed by atoms with Crippen molar-refractivity contribution in [1.82, 2.24) is 5.43 Å². The number of hydrogen-bond donors (Lipinski definition) is 3. The first-order valence-corrected chi connectivity index (χ1v) is 4.31. The van der Waals surface area contributed by atoms with Crippen LogP contribution in [0.2, 0.25) is 0 Å². The van der Waals surface area contributed by atoms with Gasteiger partial charge in [0.15, 0.2) is 0 Å². The fourth-order valence-electron chi connectivity index (χ4n) is 0.826. The van der Waals surface area contributed by atoms with Crippen LogP contribution in [-0.2, 0) is 4.74 Å². The van der Waals surface area contributed by atoms with Gasteiger partial charge in [0.25, 0.3) is 0 Å². The maximum Gasteiger partial charge on any atom is 0.114 e. The molecule has 0 aliphatic carbocycles. The third-order valence-corrected chi connectivity index (χ3v) is 1.64. The van der Waals surface area contributed by atoms with Crippen molar-refractivity contribution in [3.8, 4) is 0 Å². The predicted octanol–water partition coefficient (Wildman–Crippen LogP) is 1.98. The summed E-state index contributed by atoms with van der Waals surface area (Å²) in [6.45, 7) is 5.60. The Morgan fingerprint density at radius 1 is 1.53 bits per heavy atom. The summed E-state index contributed by atoms with van der Waals surface area (Å²) in [7, 11) is 1.58. The summed E-state index contributed by atoms with van der Waals surface area (Å²) < 4.78 is 5.02. The van der Waals surface area contributed by atoms with Crippen molar-refractivity contribution in [2.45, 2.75) is 6.92 Å². The van der Waals surface area contributed by atoms with E-state index < -0.39 is 0 Å². The third-order valence-electron chi connectivity index (χ3n) is 1.64. The molecular formula is C10H16N4O. The highest BCUT2D eigenvalue weighted by Crippen LogP contribution is 2.11. The molecule has 0 bridgehead atoms. The van der Waals surface area contributed by atoms with Crippen LogP contribution < -0.4 is 11.3 Å². The average Bonchev–Trinajstić information content (AvgIpc) is 2.26. The van der Waals surface area contributed by atoms with Gasteiger partial charge in [0.1, 0.15) is 11.5 Å². The molecule has 0 aliphatic heterocycles. The zero-order valence-electron chi connectivity index (χ0n) is 8.95. The van der Waals surface area contributed by atoms with Crippen LogP contribution in [0.15, 0.2) is 53.2 Å². The van der Waals surface area contributed by atoms with Gasteiger partial charge in [-0.2, -0.15) is 5.11 Å². The van der Waals surface area contributed by atoms with Crippen LogP contribution in [0, 0.1) is 5.53 Å². The molecule has 0 aromatic heterocycles. The molecule has 0 fully saturated rings. The zero-order chi connectivity index (χ0) is 11.7.